The van der Waals surface area contributed by atoms with Crippen LogP contribution in [0.2, 0.25) is 0 Å². The van der Waals surface area contributed by atoms with Crippen molar-refractivity contribution in [3.8, 4) is 0 Å². The van der Waals surface area contributed by atoms with Gasteiger partial charge in [-0.2, -0.15) is 0 Å². The number of nitrogens with zero attached hydrogens (tertiary/aromatic N) is 3. The number of esters is 5. The number of hydrogen-bond donors (Lipinski definition) is 1. The number of aliphatic hydroxyl groups excluding tert-OH is 1. The molecule has 0 radical (unpaired) electrons. The van der Waals surface area contributed by atoms with Gasteiger partial charge in [-0.25, -0.2) is 10.0 Å². The third-order valence-corrected chi connectivity index (χ3v) is 14.3. The first-order valence-corrected chi connectivity index (χ1v) is 26.4. The summed E-state index contributed by atoms with van der Waals surface area (Å²) in [7, 11) is 6.81. The molecule has 0 aliphatic carbocycles. The number of aryl methyl sites for hydroxylation is 1. The summed E-state index contributed by atoms with van der Waals surface area (Å²) < 4.78 is 62.1. The van der Waals surface area contributed by atoms with E-state index in [2.05, 4.69) is 17.1 Å². The normalized spacial score (nSPS) is 34.3. The Balaban J connectivity index is 1.72. The van der Waals surface area contributed by atoms with Gasteiger partial charge in [0, 0.05) is 66.8 Å². The number of methoxy groups -OCH3 is 1. The van der Waals surface area contributed by atoms with E-state index in [0.717, 1.165) is 25.5 Å². The Hall–Kier alpha value is -4.12. The van der Waals surface area contributed by atoms with Crippen molar-refractivity contribution in [1.29, 1.82) is 0 Å². The van der Waals surface area contributed by atoms with E-state index >= 15 is 0 Å². The van der Waals surface area contributed by atoms with Crippen molar-refractivity contribution in [2.24, 2.45) is 11.8 Å². The number of unbranched alkanes of at least 4 members (excludes halogenated alkanes) is 1. The van der Waals surface area contributed by atoms with Crippen molar-refractivity contribution >= 4 is 36.1 Å². The second kappa shape index (κ2) is 30.0. The number of carbonyl (C=O) groups excluding carboxylic acids is 6. The van der Waals surface area contributed by atoms with E-state index in [-0.39, 0.29) is 32.1 Å². The molecule has 16 atom stereocenters. The molecular formula is C54H87N3O17. The van der Waals surface area contributed by atoms with Crippen LogP contribution in [-0.4, -0.2) is 189 Å². The van der Waals surface area contributed by atoms with Crippen LogP contribution in [-0.2, 0) is 82.6 Å². The van der Waals surface area contributed by atoms with Gasteiger partial charge in [-0.1, -0.05) is 51.1 Å². The second-order valence-electron chi connectivity index (χ2n) is 20.6. The molecule has 420 valence electrons. The third-order valence-electron chi connectivity index (χ3n) is 14.3. The molecule has 74 heavy (non-hydrogen) atoms. The molecule has 0 spiro atoms. The standard InChI is InChI=1S/C54H87N3O17/c1-14-43(61)70-41-30-45(63)66-34(4)24-27-57(26-20-19-23-39-21-17-16-18-22-39)56(12)32-42(69-37(7)59)33(3)29-40(25-28-58)50(51(41)65-13)73-53-48(64)47(55(10)11)49(35(5)68-53)72-46-31-54(9,74-38(8)60)52(36(6)67-46)71-44(62)15-2/h16-18,21-22,28,33-36,40-42,46-53,64H,14-15,19-20,23-27,29-32H2,1-13H3/t33-,34-,35?,36?,40+,41-,42+,46?,47?,48?,49?,50+,51?,52?,53?,54?/m1/s1. The Labute approximate surface area is 438 Å². The van der Waals surface area contributed by atoms with Crippen LogP contribution in [0.15, 0.2) is 30.3 Å². The minimum Gasteiger partial charge on any atom is -0.463 e. The van der Waals surface area contributed by atoms with Crippen LogP contribution in [0, 0.1) is 11.8 Å². The summed E-state index contributed by atoms with van der Waals surface area (Å²) in [5, 5.41) is 16.6. The Kier molecular flexibility index (Phi) is 25.3. The van der Waals surface area contributed by atoms with E-state index in [1.54, 1.807) is 60.5 Å². The number of aliphatic hydroxyl groups is 1. The van der Waals surface area contributed by atoms with Gasteiger partial charge in [0.1, 0.15) is 42.9 Å². The average molecular weight is 1050 g/mol. The average Bonchev–Trinajstić information content (AvgIpc) is 3.32. The summed E-state index contributed by atoms with van der Waals surface area (Å²) in [6, 6.07) is 9.42. The molecule has 3 saturated heterocycles. The third kappa shape index (κ3) is 18.3. The highest BCUT2D eigenvalue weighted by molar-refractivity contribution is 5.73. The molecule has 1 aromatic rings. The quantitative estimate of drug-likeness (QED) is 0.0836. The van der Waals surface area contributed by atoms with Gasteiger partial charge >= 0.3 is 29.8 Å². The molecule has 3 aliphatic heterocycles. The maximum Gasteiger partial charge on any atom is 0.309 e. The highest BCUT2D eigenvalue weighted by Gasteiger charge is 2.54. The number of hydrazine groups is 1. The molecule has 3 heterocycles. The lowest BCUT2D eigenvalue weighted by atomic mass is 9.82. The smallest absolute Gasteiger partial charge is 0.309 e. The van der Waals surface area contributed by atoms with Crippen LogP contribution in [0.3, 0.4) is 0 Å². The van der Waals surface area contributed by atoms with Crippen LogP contribution in [0.1, 0.15) is 126 Å². The van der Waals surface area contributed by atoms with E-state index in [9.17, 15) is 33.9 Å². The number of carbonyl (C=O) groups is 6. The number of cyclic esters (lactones) is 1. The molecule has 1 N–H and O–H groups in total. The summed E-state index contributed by atoms with van der Waals surface area (Å²) >= 11 is 0. The molecule has 20 heteroatoms. The maximum absolute atomic E-state index is 13.9. The summed E-state index contributed by atoms with van der Waals surface area (Å²) in [6.07, 6.45) is -8.70. The second-order valence-corrected chi connectivity index (χ2v) is 20.6. The first-order chi connectivity index (χ1) is 35.0. The van der Waals surface area contributed by atoms with E-state index in [1.165, 1.54) is 26.5 Å². The summed E-state index contributed by atoms with van der Waals surface area (Å²) in [6.45, 7) is 16.2. The van der Waals surface area contributed by atoms with Gasteiger partial charge in [0.15, 0.2) is 24.3 Å². The van der Waals surface area contributed by atoms with Gasteiger partial charge in [0.25, 0.3) is 0 Å². The molecule has 0 amide bonds. The van der Waals surface area contributed by atoms with Crippen molar-refractivity contribution in [2.75, 3.05) is 47.9 Å². The fourth-order valence-corrected chi connectivity index (χ4v) is 10.5. The highest BCUT2D eigenvalue weighted by Crippen LogP contribution is 2.39. The fourth-order valence-electron chi connectivity index (χ4n) is 10.5. The number of benzene rings is 1. The van der Waals surface area contributed by atoms with Crippen LogP contribution in [0.5, 0.6) is 0 Å². The predicted octanol–water partition coefficient (Wildman–Crippen LogP) is 4.97. The number of aldehydes is 1. The highest BCUT2D eigenvalue weighted by atomic mass is 16.7. The van der Waals surface area contributed by atoms with Crippen molar-refractivity contribution in [3.05, 3.63) is 35.9 Å². The molecule has 4 rings (SSSR count). The Morgan fingerprint density at radius 1 is 0.878 bits per heavy atom. The minimum atomic E-state index is -1.46. The van der Waals surface area contributed by atoms with Gasteiger partial charge < -0.3 is 62.2 Å². The molecule has 20 nitrogen and oxygen atoms in total. The van der Waals surface area contributed by atoms with Crippen LogP contribution >= 0.6 is 0 Å². The number of ether oxygens (including phenoxy) is 10. The topological polar surface area (TPSA) is 225 Å². The zero-order valence-corrected chi connectivity index (χ0v) is 46.1. The van der Waals surface area contributed by atoms with E-state index in [1.807, 2.05) is 37.2 Å². The van der Waals surface area contributed by atoms with Crippen LogP contribution in [0.4, 0.5) is 0 Å². The fraction of sp³-hybridized carbons (Fsp3) is 0.778. The molecule has 0 saturated carbocycles. The lowest BCUT2D eigenvalue weighted by Gasteiger charge is -2.50. The molecule has 3 fully saturated rings. The monoisotopic (exact) mass is 1050 g/mol. The molecule has 0 bridgehead atoms. The van der Waals surface area contributed by atoms with Gasteiger partial charge in [-0.15, -0.1) is 0 Å². The Bertz CT molecular complexity index is 1930. The summed E-state index contributed by atoms with van der Waals surface area (Å²) in [4.78, 5) is 79.4. The molecule has 1 aromatic carbocycles. The molecule has 3 aliphatic rings. The van der Waals surface area contributed by atoms with Gasteiger partial charge in [-0.3, -0.25) is 24.0 Å². The zero-order valence-electron chi connectivity index (χ0n) is 46.1. The lowest BCUT2D eigenvalue weighted by Crippen LogP contribution is -2.66. The van der Waals surface area contributed by atoms with Crippen LogP contribution < -0.4 is 0 Å². The van der Waals surface area contributed by atoms with Crippen molar-refractivity contribution in [1.82, 2.24) is 14.9 Å². The van der Waals surface area contributed by atoms with E-state index < -0.39 is 133 Å². The minimum absolute atomic E-state index is 0.0284. The Morgan fingerprint density at radius 2 is 1.55 bits per heavy atom. The molecule has 10 unspecified atom stereocenters. The van der Waals surface area contributed by atoms with E-state index in [4.69, 9.17) is 47.4 Å². The first kappa shape index (κ1) is 62.4. The van der Waals surface area contributed by atoms with Gasteiger partial charge in [-0.05, 0) is 91.3 Å². The first-order valence-electron chi connectivity index (χ1n) is 26.4. The Morgan fingerprint density at radius 3 is 2.16 bits per heavy atom. The predicted molar refractivity (Wildman–Crippen MR) is 270 cm³/mol. The van der Waals surface area contributed by atoms with Crippen LogP contribution in [0.25, 0.3) is 0 Å². The number of likely N-dealkylation sites (N-methyl/N-ethyl adjacent to an activating group) is 2. The summed E-state index contributed by atoms with van der Waals surface area (Å²) in [5.74, 6) is -4.01. The van der Waals surface area contributed by atoms with E-state index in [0.29, 0.717) is 26.1 Å². The van der Waals surface area contributed by atoms with Gasteiger partial charge in [0.05, 0.1) is 37.3 Å². The maximum atomic E-state index is 13.9. The summed E-state index contributed by atoms with van der Waals surface area (Å²) in [5.41, 5.74) is -0.0916. The lowest BCUT2D eigenvalue weighted by molar-refractivity contribution is -0.344. The largest absolute Gasteiger partial charge is 0.463 e. The van der Waals surface area contributed by atoms with Crippen molar-refractivity contribution in [2.45, 2.75) is 212 Å². The van der Waals surface area contributed by atoms with Crippen molar-refractivity contribution in [3.63, 3.8) is 0 Å². The van der Waals surface area contributed by atoms with Crippen molar-refractivity contribution < 1.29 is 81.2 Å². The molecular weight excluding hydrogens is 963 g/mol. The molecule has 0 aromatic heterocycles. The number of hydrogen-bond acceptors (Lipinski definition) is 20. The number of rotatable bonds is 19. The SMILES string of the molecule is CCC(=O)OC1C(C)OC(OC2C(C)OC(O[C@@H]3C(OC)[C@H](OC(=O)CC)CC(=O)O[C@H](C)CCN(CCCCc4ccccc4)N(C)C[C@H](OC(C)=O)[C@H](C)C[C@@H]3CC=O)C(O)C2N(C)C)CC1(C)OC(C)=O. The zero-order chi connectivity index (χ0) is 54.9. The van der Waals surface area contributed by atoms with Gasteiger partial charge in [0.2, 0.25) is 0 Å².